The minimum Gasteiger partial charge on any atom is -0.497 e. The standard InChI is InChI=1S/C30H24N2O4S/c1-18-8-10-19(11-9-18)24-17-37-29(27(24)30(34)36-3)32-28(33)23-16-26(20-12-14-21(35-2)15-13-20)31-25-7-5-4-6-22(23)25/h4-17H,1-3H3,(H,32,33). The molecule has 0 aliphatic heterocycles. The van der Waals surface area contributed by atoms with Crippen LogP contribution < -0.4 is 10.1 Å². The van der Waals surface area contributed by atoms with E-state index in [9.17, 15) is 9.59 Å². The van der Waals surface area contributed by atoms with Gasteiger partial charge in [0.2, 0.25) is 0 Å². The van der Waals surface area contributed by atoms with E-state index in [1.54, 1.807) is 13.2 Å². The molecule has 0 bridgehead atoms. The van der Waals surface area contributed by atoms with E-state index >= 15 is 0 Å². The highest BCUT2D eigenvalue weighted by Gasteiger charge is 2.24. The number of methoxy groups -OCH3 is 2. The molecule has 0 aliphatic carbocycles. The summed E-state index contributed by atoms with van der Waals surface area (Å²) < 4.78 is 10.3. The van der Waals surface area contributed by atoms with Gasteiger partial charge in [-0.3, -0.25) is 4.79 Å². The first-order valence-corrected chi connectivity index (χ1v) is 12.5. The highest BCUT2D eigenvalue weighted by Crippen LogP contribution is 2.37. The van der Waals surface area contributed by atoms with Crippen molar-refractivity contribution in [1.82, 2.24) is 4.98 Å². The molecule has 0 aliphatic rings. The number of esters is 1. The number of anilines is 1. The molecule has 6 nitrogen and oxygen atoms in total. The van der Waals surface area contributed by atoms with Crippen molar-refractivity contribution in [2.75, 3.05) is 19.5 Å². The molecular weight excluding hydrogens is 484 g/mol. The second kappa shape index (κ2) is 10.2. The number of carbonyl (C=O) groups is 2. The molecule has 1 amide bonds. The van der Waals surface area contributed by atoms with E-state index in [4.69, 9.17) is 14.5 Å². The molecule has 5 aromatic rings. The van der Waals surface area contributed by atoms with Crippen LogP contribution in [0.4, 0.5) is 5.00 Å². The SMILES string of the molecule is COC(=O)c1c(-c2ccc(C)cc2)csc1NC(=O)c1cc(-c2ccc(OC)cc2)nc2ccccc12. The largest absolute Gasteiger partial charge is 0.497 e. The Labute approximate surface area is 218 Å². The number of aromatic nitrogens is 1. The van der Waals surface area contributed by atoms with Crippen LogP contribution in [0.1, 0.15) is 26.3 Å². The predicted molar refractivity (Wildman–Crippen MR) is 148 cm³/mol. The second-order valence-corrected chi connectivity index (χ2v) is 9.35. The van der Waals surface area contributed by atoms with Crippen molar-refractivity contribution in [3.05, 3.63) is 101 Å². The molecular formula is C30H24N2O4S. The Morgan fingerprint density at radius 1 is 0.892 bits per heavy atom. The number of para-hydroxylation sites is 1. The molecule has 0 fully saturated rings. The molecule has 0 radical (unpaired) electrons. The molecule has 5 rings (SSSR count). The van der Waals surface area contributed by atoms with Crippen molar-refractivity contribution in [1.29, 1.82) is 0 Å². The van der Waals surface area contributed by atoms with Crippen LogP contribution in [0.25, 0.3) is 33.3 Å². The number of hydrogen-bond donors (Lipinski definition) is 1. The zero-order valence-corrected chi connectivity index (χ0v) is 21.4. The van der Waals surface area contributed by atoms with Crippen LogP contribution in [-0.4, -0.2) is 31.1 Å². The van der Waals surface area contributed by atoms with Crippen molar-refractivity contribution < 1.29 is 19.1 Å². The van der Waals surface area contributed by atoms with Gasteiger partial charge in [-0.1, -0.05) is 48.0 Å². The summed E-state index contributed by atoms with van der Waals surface area (Å²) in [7, 11) is 2.95. The average molecular weight is 509 g/mol. The van der Waals surface area contributed by atoms with Gasteiger partial charge in [-0.2, -0.15) is 0 Å². The Balaban J connectivity index is 1.56. The quantitative estimate of drug-likeness (QED) is 0.250. The maximum absolute atomic E-state index is 13.7. The van der Waals surface area contributed by atoms with Crippen LogP contribution >= 0.6 is 11.3 Å². The van der Waals surface area contributed by atoms with E-state index in [1.165, 1.54) is 18.4 Å². The lowest BCUT2D eigenvalue weighted by Crippen LogP contribution is -2.15. The Kier molecular flexibility index (Phi) is 6.70. The summed E-state index contributed by atoms with van der Waals surface area (Å²) in [6.45, 7) is 2.00. The maximum atomic E-state index is 13.7. The summed E-state index contributed by atoms with van der Waals surface area (Å²) in [6, 6.07) is 24.6. The van der Waals surface area contributed by atoms with Gasteiger partial charge < -0.3 is 14.8 Å². The number of carbonyl (C=O) groups excluding carboxylic acids is 2. The molecule has 0 unspecified atom stereocenters. The van der Waals surface area contributed by atoms with Crippen LogP contribution in [0.15, 0.2) is 84.2 Å². The fourth-order valence-corrected chi connectivity index (χ4v) is 5.10. The van der Waals surface area contributed by atoms with Gasteiger partial charge in [-0.05, 0) is 48.9 Å². The Morgan fingerprint density at radius 3 is 2.30 bits per heavy atom. The van der Waals surface area contributed by atoms with Crippen LogP contribution in [0, 0.1) is 6.92 Å². The van der Waals surface area contributed by atoms with E-state index in [0.29, 0.717) is 38.3 Å². The molecule has 7 heteroatoms. The van der Waals surface area contributed by atoms with Crippen molar-refractivity contribution in [2.24, 2.45) is 0 Å². The number of rotatable bonds is 6. The third-order valence-electron chi connectivity index (χ3n) is 6.12. The summed E-state index contributed by atoms with van der Waals surface area (Å²) in [4.78, 5) is 31.2. The normalized spacial score (nSPS) is 10.8. The third-order valence-corrected chi connectivity index (χ3v) is 7.01. The van der Waals surface area contributed by atoms with E-state index in [-0.39, 0.29) is 5.91 Å². The lowest BCUT2D eigenvalue weighted by molar-refractivity contribution is 0.0603. The van der Waals surface area contributed by atoms with E-state index in [1.807, 2.05) is 85.1 Å². The number of amides is 1. The monoisotopic (exact) mass is 508 g/mol. The van der Waals surface area contributed by atoms with Crippen LogP contribution in [-0.2, 0) is 4.74 Å². The van der Waals surface area contributed by atoms with Crippen LogP contribution in [0.2, 0.25) is 0 Å². The van der Waals surface area contributed by atoms with Gasteiger partial charge in [0, 0.05) is 21.9 Å². The molecule has 0 saturated heterocycles. The second-order valence-electron chi connectivity index (χ2n) is 8.47. The molecule has 3 aromatic carbocycles. The summed E-state index contributed by atoms with van der Waals surface area (Å²) >= 11 is 1.29. The Hall–Kier alpha value is -4.49. The predicted octanol–water partition coefficient (Wildman–Crippen LogP) is 6.99. The number of fused-ring (bicyclic) bond motifs is 1. The number of benzene rings is 3. The summed E-state index contributed by atoms with van der Waals surface area (Å²) in [5, 5.41) is 5.97. The van der Waals surface area contributed by atoms with Crippen LogP contribution in [0.3, 0.4) is 0 Å². The molecule has 0 spiro atoms. The first-order chi connectivity index (χ1) is 18.0. The highest BCUT2D eigenvalue weighted by molar-refractivity contribution is 7.15. The fraction of sp³-hybridized carbons (Fsp3) is 0.100. The molecule has 0 atom stereocenters. The summed E-state index contributed by atoms with van der Waals surface area (Å²) in [6.07, 6.45) is 0. The Bertz CT molecular complexity index is 1610. The van der Waals surface area contributed by atoms with E-state index in [0.717, 1.165) is 22.4 Å². The van der Waals surface area contributed by atoms with Crippen molar-refractivity contribution in [2.45, 2.75) is 6.92 Å². The number of thiophene rings is 1. The number of ether oxygens (including phenoxy) is 2. The molecule has 1 N–H and O–H groups in total. The minimum atomic E-state index is -0.509. The van der Waals surface area contributed by atoms with Gasteiger partial charge >= 0.3 is 5.97 Å². The van der Waals surface area contributed by atoms with Crippen molar-refractivity contribution in [3.63, 3.8) is 0 Å². The number of nitrogens with zero attached hydrogens (tertiary/aromatic N) is 1. The third kappa shape index (κ3) is 4.81. The first kappa shape index (κ1) is 24.2. The van der Waals surface area contributed by atoms with Crippen LogP contribution in [0.5, 0.6) is 5.75 Å². The van der Waals surface area contributed by atoms with E-state index < -0.39 is 5.97 Å². The van der Waals surface area contributed by atoms with Gasteiger partial charge in [0.15, 0.2) is 0 Å². The van der Waals surface area contributed by atoms with Gasteiger partial charge in [0.25, 0.3) is 5.91 Å². The molecule has 2 heterocycles. The lowest BCUT2D eigenvalue weighted by Gasteiger charge is -2.12. The number of aryl methyl sites for hydroxylation is 1. The van der Waals surface area contributed by atoms with Gasteiger partial charge in [-0.15, -0.1) is 11.3 Å². The first-order valence-electron chi connectivity index (χ1n) is 11.6. The molecule has 2 aromatic heterocycles. The number of nitrogens with one attached hydrogen (secondary N) is 1. The molecule has 184 valence electrons. The zero-order valence-electron chi connectivity index (χ0n) is 20.6. The maximum Gasteiger partial charge on any atom is 0.341 e. The van der Waals surface area contributed by atoms with E-state index in [2.05, 4.69) is 5.32 Å². The fourth-order valence-electron chi connectivity index (χ4n) is 4.14. The van der Waals surface area contributed by atoms with Crippen molar-refractivity contribution >= 4 is 39.1 Å². The highest BCUT2D eigenvalue weighted by atomic mass is 32.1. The molecule has 0 saturated carbocycles. The number of pyridine rings is 1. The Morgan fingerprint density at radius 2 is 1.59 bits per heavy atom. The zero-order chi connectivity index (χ0) is 25.9. The van der Waals surface area contributed by atoms with Crippen molar-refractivity contribution in [3.8, 4) is 28.1 Å². The summed E-state index contributed by atoms with van der Waals surface area (Å²) in [5.74, 6) is -0.110. The average Bonchev–Trinajstić information content (AvgIpc) is 3.35. The minimum absolute atomic E-state index is 0.332. The van der Waals surface area contributed by atoms with Gasteiger partial charge in [-0.25, -0.2) is 9.78 Å². The van der Waals surface area contributed by atoms with Gasteiger partial charge in [0.1, 0.15) is 16.3 Å². The molecule has 37 heavy (non-hydrogen) atoms. The lowest BCUT2D eigenvalue weighted by atomic mass is 10.0. The smallest absolute Gasteiger partial charge is 0.341 e. The number of hydrogen-bond acceptors (Lipinski definition) is 6. The summed E-state index contributed by atoms with van der Waals surface area (Å²) in [5.41, 5.74) is 5.70. The van der Waals surface area contributed by atoms with Gasteiger partial charge in [0.05, 0.1) is 31.0 Å². The topological polar surface area (TPSA) is 77.5 Å².